The zero-order chi connectivity index (χ0) is 27.0. The molecular formula is C24H20F5N7O2. The Labute approximate surface area is 211 Å². The van der Waals surface area contributed by atoms with E-state index in [4.69, 9.17) is 4.74 Å². The van der Waals surface area contributed by atoms with E-state index in [0.717, 1.165) is 37.6 Å². The molecule has 198 valence electrons. The number of aromatic nitrogens is 6. The number of halogens is 5. The van der Waals surface area contributed by atoms with Gasteiger partial charge in [0.2, 0.25) is 11.8 Å². The number of hydrogen-bond donors (Lipinski definition) is 0. The van der Waals surface area contributed by atoms with Crippen LogP contribution in [0.25, 0.3) is 22.3 Å². The molecular weight excluding hydrogens is 513 g/mol. The maximum absolute atomic E-state index is 14.9. The van der Waals surface area contributed by atoms with E-state index in [9.17, 15) is 26.7 Å². The number of nitrogens with zero attached hydrogens (tertiary/aromatic N) is 7. The van der Waals surface area contributed by atoms with Crippen LogP contribution in [0.4, 0.5) is 27.9 Å². The van der Waals surface area contributed by atoms with Crippen molar-refractivity contribution in [2.75, 3.05) is 18.0 Å². The normalized spacial score (nSPS) is 18.9. The van der Waals surface area contributed by atoms with E-state index in [1.54, 1.807) is 22.8 Å². The summed E-state index contributed by atoms with van der Waals surface area (Å²) in [7, 11) is 2.70. The van der Waals surface area contributed by atoms with Gasteiger partial charge < -0.3 is 9.64 Å². The molecule has 2 aliphatic rings. The minimum absolute atomic E-state index is 0.00153. The fourth-order valence-corrected chi connectivity index (χ4v) is 4.73. The summed E-state index contributed by atoms with van der Waals surface area (Å²) in [6, 6.07) is 2.58. The van der Waals surface area contributed by atoms with Gasteiger partial charge in [-0.1, -0.05) is 0 Å². The molecule has 4 heterocycles. The van der Waals surface area contributed by atoms with Gasteiger partial charge in [-0.25, -0.2) is 23.7 Å². The van der Waals surface area contributed by atoms with Crippen LogP contribution in [0.15, 0.2) is 35.4 Å². The van der Waals surface area contributed by atoms with Crippen LogP contribution in [0.3, 0.4) is 0 Å². The summed E-state index contributed by atoms with van der Waals surface area (Å²) in [5.41, 5.74) is -2.37. The molecule has 14 heteroatoms. The van der Waals surface area contributed by atoms with Crippen molar-refractivity contribution >= 4 is 17.0 Å². The van der Waals surface area contributed by atoms with Crippen LogP contribution >= 0.6 is 0 Å². The monoisotopic (exact) mass is 533 g/mol. The second kappa shape index (κ2) is 8.28. The molecule has 38 heavy (non-hydrogen) atoms. The summed E-state index contributed by atoms with van der Waals surface area (Å²) in [6.45, 7) is 0.605. The van der Waals surface area contributed by atoms with Gasteiger partial charge in [-0.15, -0.1) is 0 Å². The summed E-state index contributed by atoms with van der Waals surface area (Å²) >= 11 is 0. The lowest BCUT2D eigenvalue weighted by molar-refractivity contribution is -0.147. The van der Waals surface area contributed by atoms with Crippen LogP contribution in [0, 0.1) is 11.6 Å². The van der Waals surface area contributed by atoms with E-state index < -0.39 is 51.9 Å². The molecule has 9 nitrogen and oxygen atoms in total. The molecule has 1 saturated carbocycles. The van der Waals surface area contributed by atoms with Crippen molar-refractivity contribution in [1.29, 1.82) is 0 Å². The molecule has 1 aliphatic carbocycles. The highest BCUT2D eigenvalue weighted by Gasteiger charge is 2.51. The van der Waals surface area contributed by atoms with Crippen LogP contribution in [0.1, 0.15) is 30.3 Å². The summed E-state index contributed by atoms with van der Waals surface area (Å²) in [5, 5.41) is 4.19. The zero-order valence-corrected chi connectivity index (χ0v) is 20.1. The first-order chi connectivity index (χ1) is 17.9. The van der Waals surface area contributed by atoms with Crippen molar-refractivity contribution in [3.8, 4) is 11.3 Å². The highest BCUT2D eigenvalue weighted by Crippen LogP contribution is 2.47. The van der Waals surface area contributed by atoms with Gasteiger partial charge in [0.25, 0.3) is 5.56 Å². The molecule has 0 unspecified atom stereocenters. The van der Waals surface area contributed by atoms with E-state index in [-0.39, 0.29) is 23.8 Å². The van der Waals surface area contributed by atoms with Crippen LogP contribution in [-0.2, 0) is 25.0 Å². The highest BCUT2D eigenvalue weighted by molar-refractivity contribution is 5.89. The Balaban J connectivity index is 1.56. The molecule has 0 N–H and O–H groups in total. The predicted molar refractivity (Wildman–Crippen MR) is 124 cm³/mol. The molecule has 3 aromatic heterocycles. The second-order valence-corrected chi connectivity index (χ2v) is 9.61. The van der Waals surface area contributed by atoms with Gasteiger partial charge in [0.05, 0.1) is 24.9 Å². The average molecular weight is 533 g/mol. The third kappa shape index (κ3) is 4.08. The van der Waals surface area contributed by atoms with Crippen LogP contribution in [-0.4, -0.2) is 48.0 Å². The summed E-state index contributed by atoms with van der Waals surface area (Å²) < 4.78 is 77.9. The number of aryl methyl sites for hydroxylation is 1. The van der Waals surface area contributed by atoms with Crippen molar-refractivity contribution < 1.29 is 26.7 Å². The molecule has 0 amide bonds. The van der Waals surface area contributed by atoms with Crippen molar-refractivity contribution in [3.63, 3.8) is 0 Å². The van der Waals surface area contributed by atoms with Gasteiger partial charge >= 0.3 is 6.18 Å². The Morgan fingerprint density at radius 1 is 1.08 bits per heavy atom. The van der Waals surface area contributed by atoms with Gasteiger partial charge in [-0.05, 0) is 25.0 Å². The number of fused-ring (bicyclic) bond motifs is 1. The van der Waals surface area contributed by atoms with E-state index in [1.165, 1.54) is 0 Å². The molecule has 2 fully saturated rings. The zero-order valence-electron chi connectivity index (χ0n) is 20.1. The highest BCUT2D eigenvalue weighted by atomic mass is 19.4. The van der Waals surface area contributed by atoms with Crippen LogP contribution < -0.4 is 10.5 Å². The van der Waals surface area contributed by atoms with E-state index in [1.807, 2.05) is 6.20 Å². The van der Waals surface area contributed by atoms with Crippen molar-refractivity contribution in [2.24, 2.45) is 14.1 Å². The fourth-order valence-electron chi connectivity index (χ4n) is 4.73. The maximum Gasteiger partial charge on any atom is 0.449 e. The standard InChI is InChI=1S/C24H20F5N7O2/c1-34-9-12(8-30-34)16-10-36(11-23(38-16)5-6-23)22-32-17(14-4-3-13(25)7-15(14)26)18-19(33-22)20(37)35(2)21(31-18)24(27,28)29/h3-4,7-9,16H,5-6,10-11H2,1-2H3/t16-/m1/s1. The maximum atomic E-state index is 14.9. The quantitative estimate of drug-likeness (QED) is 0.372. The minimum atomic E-state index is -4.97. The Kier molecular flexibility index (Phi) is 5.32. The van der Waals surface area contributed by atoms with Gasteiger partial charge in [-0.2, -0.15) is 18.3 Å². The average Bonchev–Trinajstić information content (AvgIpc) is 3.43. The van der Waals surface area contributed by atoms with Crippen molar-refractivity contribution in [1.82, 2.24) is 29.3 Å². The third-order valence-corrected chi connectivity index (χ3v) is 6.80. The number of benzene rings is 1. The smallest absolute Gasteiger partial charge is 0.363 e. The van der Waals surface area contributed by atoms with E-state index in [2.05, 4.69) is 20.1 Å². The largest absolute Gasteiger partial charge is 0.449 e. The lowest BCUT2D eigenvalue weighted by Gasteiger charge is -2.38. The molecule has 1 atom stereocenters. The Morgan fingerprint density at radius 2 is 1.84 bits per heavy atom. The first-order valence-corrected chi connectivity index (χ1v) is 11.7. The summed E-state index contributed by atoms with van der Waals surface area (Å²) in [5.74, 6) is -3.44. The van der Waals surface area contributed by atoms with Gasteiger partial charge in [0, 0.05) is 37.5 Å². The number of morpholine rings is 1. The van der Waals surface area contributed by atoms with Gasteiger partial charge in [-0.3, -0.25) is 14.0 Å². The Hall–Kier alpha value is -3.94. The fraction of sp³-hybridized carbons (Fsp3) is 0.375. The molecule has 0 bridgehead atoms. The topological polar surface area (TPSA) is 91.0 Å². The second-order valence-electron chi connectivity index (χ2n) is 9.61. The number of hydrogen-bond acceptors (Lipinski definition) is 7. The number of ether oxygens (including phenoxy) is 1. The lowest BCUT2D eigenvalue weighted by Crippen LogP contribution is -2.46. The first kappa shape index (κ1) is 24.4. The SMILES string of the molecule is Cn1cc([C@H]2CN(c3nc(-c4ccc(F)cc4F)c4nc(C(F)(F)F)n(C)c(=O)c4n3)CC3(CC3)O2)cn1. The molecule has 1 spiro atoms. The summed E-state index contributed by atoms with van der Waals surface area (Å²) in [4.78, 5) is 27.2. The van der Waals surface area contributed by atoms with Crippen molar-refractivity contribution in [3.05, 3.63) is 64.0 Å². The van der Waals surface area contributed by atoms with Crippen LogP contribution in [0.2, 0.25) is 0 Å². The first-order valence-electron chi connectivity index (χ1n) is 11.7. The number of anilines is 1. The predicted octanol–water partition coefficient (Wildman–Crippen LogP) is 3.53. The van der Waals surface area contributed by atoms with Crippen LogP contribution in [0.5, 0.6) is 0 Å². The minimum Gasteiger partial charge on any atom is -0.363 e. The molecule has 0 radical (unpaired) electrons. The Morgan fingerprint density at radius 3 is 2.47 bits per heavy atom. The van der Waals surface area contributed by atoms with Gasteiger partial charge in [0.1, 0.15) is 28.9 Å². The molecule has 4 aromatic rings. The number of alkyl halides is 3. The van der Waals surface area contributed by atoms with E-state index >= 15 is 0 Å². The Bertz CT molecular complexity index is 1640. The summed E-state index contributed by atoms with van der Waals surface area (Å²) in [6.07, 6.45) is -0.374. The van der Waals surface area contributed by atoms with Crippen molar-refractivity contribution in [2.45, 2.75) is 30.7 Å². The van der Waals surface area contributed by atoms with Gasteiger partial charge in [0.15, 0.2) is 5.52 Å². The molecule has 1 aromatic carbocycles. The molecule has 6 rings (SSSR count). The third-order valence-electron chi connectivity index (χ3n) is 6.80. The molecule has 1 aliphatic heterocycles. The molecule has 1 saturated heterocycles. The number of rotatable bonds is 3. The van der Waals surface area contributed by atoms with E-state index in [0.29, 0.717) is 17.2 Å². The lowest BCUT2D eigenvalue weighted by atomic mass is 10.1.